The van der Waals surface area contributed by atoms with Crippen molar-refractivity contribution in [3.05, 3.63) is 126 Å². The Morgan fingerprint density at radius 3 is 2.33 bits per heavy atom. The monoisotopic (exact) mass is 785 g/mol. The first-order valence-electron chi connectivity index (χ1n) is 15.0. The number of fused-ring (bicyclic) bond motifs is 3. The van der Waals surface area contributed by atoms with E-state index in [1.165, 1.54) is 22.3 Å². The van der Waals surface area contributed by atoms with Gasteiger partial charge in [0.1, 0.15) is 11.6 Å². The zero-order valence-corrected chi connectivity index (χ0v) is 28.9. The standard InChI is InChI=1S/C39H34N4O2.Pt/c1-25-18-28(39(3,4)5)19-26(2)38(25)27-23-41-42(24-27)29-10-9-11-31(20-29)45-32-14-15-34-33-12-7-8-13-35(33)43(36(34)21-32)37-22-30(44-6)16-17-40-37;/h7-19,22-24H,1-6H3;/q-2;+2. The number of nitrogens with zero attached hydrogens (tertiary/aromatic N) is 4. The molecule has 3 aromatic heterocycles. The minimum atomic E-state index is 0. The summed E-state index contributed by atoms with van der Waals surface area (Å²) in [7, 11) is 1.66. The summed E-state index contributed by atoms with van der Waals surface area (Å²) in [6.07, 6.45) is 5.72. The van der Waals surface area contributed by atoms with Crippen LogP contribution in [0.25, 0.3) is 44.4 Å². The molecule has 0 atom stereocenters. The normalized spacial score (nSPS) is 11.5. The number of aromatic nitrogens is 4. The van der Waals surface area contributed by atoms with Gasteiger partial charge >= 0.3 is 21.1 Å². The Labute approximate surface area is 283 Å². The molecule has 0 spiro atoms. The molecule has 0 aliphatic carbocycles. The molecule has 0 bridgehead atoms. The molecule has 6 nitrogen and oxygen atoms in total. The van der Waals surface area contributed by atoms with Gasteiger partial charge in [-0.1, -0.05) is 56.6 Å². The summed E-state index contributed by atoms with van der Waals surface area (Å²) < 4.78 is 15.8. The van der Waals surface area contributed by atoms with Gasteiger partial charge in [-0.25, -0.2) is 4.98 Å². The molecule has 0 amide bonds. The average molecular weight is 786 g/mol. The molecule has 0 saturated carbocycles. The summed E-state index contributed by atoms with van der Waals surface area (Å²) in [5.41, 5.74) is 8.89. The van der Waals surface area contributed by atoms with E-state index in [4.69, 9.17) is 14.6 Å². The Balaban J connectivity index is 0.00000372. The van der Waals surface area contributed by atoms with E-state index < -0.39 is 0 Å². The fourth-order valence-electron chi connectivity index (χ4n) is 6.00. The predicted molar refractivity (Wildman–Crippen MR) is 180 cm³/mol. The van der Waals surface area contributed by atoms with Crippen LogP contribution in [0.1, 0.15) is 37.5 Å². The zero-order chi connectivity index (χ0) is 31.3. The van der Waals surface area contributed by atoms with Crippen molar-refractivity contribution in [1.82, 2.24) is 19.3 Å². The van der Waals surface area contributed by atoms with E-state index in [-0.39, 0.29) is 26.5 Å². The number of para-hydroxylation sites is 1. The van der Waals surface area contributed by atoms with E-state index >= 15 is 0 Å². The third-order valence-corrected chi connectivity index (χ3v) is 8.23. The quantitative estimate of drug-likeness (QED) is 0.158. The van der Waals surface area contributed by atoms with Crippen LogP contribution in [-0.2, 0) is 26.5 Å². The summed E-state index contributed by atoms with van der Waals surface area (Å²) in [6.45, 7) is 11.1. The van der Waals surface area contributed by atoms with Crippen molar-refractivity contribution in [2.45, 2.75) is 40.0 Å². The van der Waals surface area contributed by atoms with E-state index in [0.29, 0.717) is 11.5 Å². The third kappa shape index (κ3) is 5.74. The molecule has 3 heterocycles. The molecule has 0 aliphatic rings. The largest absolute Gasteiger partial charge is 2.00 e. The maximum absolute atomic E-state index is 6.34. The Morgan fingerprint density at radius 1 is 0.804 bits per heavy atom. The molecule has 7 rings (SSSR count). The van der Waals surface area contributed by atoms with Crippen LogP contribution in [0.4, 0.5) is 0 Å². The summed E-state index contributed by atoms with van der Waals surface area (Å²) in [6, 6.07) is 33.3. The number of hydrogen-bond acceptors (Lipinski definition) is 4. The van der Waals surface area contributed by atoms with Crippen molar-refractivity contribution in [1.29, 1.82) is 0 Å². The van der Waals surface area contributed by atoms with E-state index in [1.807, 2.05) is 59.4 Å². The van der Waals surface area contributed by atoms with Gasteiger partial charge in [-0.05, 0) is 64.7 Å². The summed E-state index contributed by atoms with van der Waals surface area (Å²) in [5.74, 6) is 2.63. The molecule has 0 unspecified atom stereocenters. The smallest absolute Gasteiger partial charge is 0.509 e. The molecule has 232 valence electrons. The molecule has 4 aromatic carbocycles. The van der Waals surface area contributed by atoms with Crippen molar-refractivity contribution in [3.63, 3.8) is 0 Å². The number of aryl methyl sites for hydroxylation is 2. The number of hydrogen-bond donors (Lipinski definition) is 0. The van der Waals surface area contributed by atoms with Crippen molar-refractivity contribution < 1.29 is 30.5 Å². The minimum Gasteiger partial charge on any atom is -0.509 e. The first-order valence-corrected chi connectivity index (χ1v) is 15.0. The summed E-state index contributed by atoms with van der Waals surface area (Å²) >= 11 is 0. The second-order valence-electron chi connectivity index (χ2n) is 12.4. The molecule has 0 radical (unpaired) electrons. The van der Waals surface area contributed by atoms with Gasteiger partial charge in [-0.15, -0.1) is 35.7 Å². The van der Waals surface area contributed by atoms with Gasteiger partial charge in [0.25, 0.3) is 0 Å². The zero-order valence-electron chi connectivity index (χ0n) is 26.7. The Kier molecular flexibility index (Phi) is 8.35. The molecule has 0 saturated heterocycles. The Morgan fingerprint density at radius 2 is 1.57 bits per heavy atom. The number of benzene rings is 4. The molecule has 0 N–H and O–H groups in total. The van der Waals surface area contributed by atoms with E-state index in [1.54, 1.807) is 13.3 Å². The number of methoxy groups -OCH3 is 1. The number of rotatable bonds is 6. The fraction of sp³-hybridized carbons (Fsp3) is 0.179. The van der Waals surface area contributed by atoms with Crippen LogP contribution >= 0.6 is 0 Å². The van der Waals surface area contributed by atoms with E-state index in [9.17, 15) is 0 Å². The molecule has 7 heteroatoms. The van der Waals surface area contributed by atoms with Crippen molar-refractivity contribution >= 4 is 21.8 Å². The van der Waals surface area contributed by atoms with Crippen LogP contribution < -0.4 is 9.47 Å². The van der Waals surface area contributed by atoms with Crippen LogP contribution in [-0.4, -0.2) is 26.4 Å². The molecular formula is C39H34N4O2Pt. The SMILES string of the molecule is COc1ccnc(-n2c3[c-]c(Oc4[c-]c(-n5cc(-c6c(C)cc(C(C)(C)C)cc6C)cn5)ccc4)ccc3c3ccccc32)c1.[Pt+2]. The minimum absolute atomic E-state index is 0. The molecule has 0 aliphatic heterocycles. The van der Waals surface area contributed by atoms with Crippen molar-refractivity contribution in [2.24, 2.45) is 0 Å². The van der Waals surface area contributed by atoms with Gasteiger partial charge < -0.3 is 14.0 Å². The second kappa shape index (κ2) is 12.3. The van der Waals surface area contributed by atoms with Crippen LogP contribution in [0.3, 0.4) is 0 Å². The first kappa shape index (κ1) is 31.3. The summed E-state index contributed by atoms with van der Waals surface area (Å²) in [5, 5.41) is 6.86. The van der Waals surface area contributed by atoms with Crippen molar-refractivity contribution in [2.75, 3.05) is 7.11 Å². The van der Waals surface area contributed by atoms with Gasteiger partial charge in [-0.3, -0.25) is 4.68 Å². The van der Waals surface area contributed by atoms with Gasteiger partial charge in [0, 0.05) is 41.0 Å². The van der Waals surface area contributed by atoms with Crippen LogP contribution in [0.15, 0.2) is 97.5 Å². The van der Waals surface area contributed by atoms with Crippen LogP contribution in [0.2, 0.25) is 0 Å². The maximum Gasteiger partial charge on any atom is 2.00 e. The van der Waals surface area contributed by atoms with Gasteiger partial charge in [0.15, 0.2) is 0 Å². The topological polar surface area (TPSA) is 54.1 Å². The second-order valence-corrected chi connectivity index (χ2v) is 12.4. The molecular weight excluding hydrogens is 752 g/mol. The fourth-order valence-corrected chi connectivity index (χ4v) is 6.00. The molecule has 0 fully saturated rings. The molecule has 7 aromatic rings. The average Bonchev–Trinajstić information content (AvgIpc) is 3.63. The number of pyridine rings is 1. The van der Waals surface area contributed by atoms with Gasteiger partial charge in [0.05, 0.1) is 13.3 Å². The Hall–Kier alpha value is -4.67. The van der Waals surface area contributed by atoms with Crippen molar-refractivity contribution in [3.8, 4) is 39.9 Å². The third-order valence-electron chi connectivity index (χ3n) is 8.23. The predicted octanol–water partition coefficient (Wildman–Crippen LogP) is 9.34. The summed E-state index contributed by atoms with van der Waals surface area (Å²) in [4.78, 5) is 4.64. The van der Waals surface area contributed by atoms with E-state index in [2.05, 4.69) is 92.8 Å². The molecule has 46 heavy (non-hydrogen) atoms. The van der Waals surface area contributed by atoms with Gasteiger partial charge in [0.2, 0.25) is 0 Å². The maximum atomic E-state index is 6.34. The number of ether oxygens (including phenoxy) is 2. The first-order chi connectivity index (χ1) is 21.7. The van der Waals surface area contributed by atoms with Crippen LogP contribution in [0, 0.1) is 26.0 Å². The van der Waals surface area contributed by atoms with Crippen LogP contribution in [0.5, 0.6) is 17.2 Å². The van der Waals surface area contributed by atoms with E-state index in [0.717, 1.165) is 44.6 Å². The Bertz CT molecular complexity index is 2180. The van der Waals surface area contributed by atoms with Gasteiger partial charge in [-0.2, -0.15) is 17.2 Å².